The summed E-state index contributed by atoms with van der Waals surface area (Å²) in [5, 5.41) is 8.65. The molecule has 0 aromatic heterocycles. The second-order valence-corrected chi connectivity index (χ2v) is 4.18. The molecule has 0 aliphatic rings. The zero-order chi connectivity index (χ0) is 11.5. The van der Waals surface area contributed by atoms with E-state index in [9.17, 15) is 9.59 Å². The maximum absolute atomic E-state index is 11.4. The SMILES string of the molecule is CC(C)(Cc1ccccc1)C(=O)C(=O)O. The van der Waals surface area contributed by atoms with E-state index >= 15 is 0 Å². The van der Waals surface area contributed by atoms with E-state index < -0.39 is 17.2 Å². The van der Waals surface area contributed by atoms with Gasteiger partial charge in [0.1, 0.15) is 0 Å². The third-order valence-corrected chi connectivity index (χ3v) is 2.30. The van der Waals surface area contributed by atoms with Gasteiger partial charge in [-0.25, -0.2) is 4.79 Å². The van der Waals surface area contributed by atoms with Crippen LogP contribution in [-0.2, 0) is 16.0 Å². The van der Waals surface area contributed by atoms with Gasteiger partial charge >= 0.3 is 5.97 Å². The molecule has 1 N–H and O–H groups in total. The molecule has 3 nitrogen and oxygen atoms in total. The number of hydrogen-bond donors (Lipinski definition) is 1. The van der Waals surface area contributed by atoms with Crippen molar-refractivity contribution in [2.45, 2.75) is 20.3 Å². The maximum atomic E-state index is 11.4. The van der Waals surface area contributed by atoms with E-state index in [1.54, 1.807) is 13.8 Å². The highest BCUT2D eigenvalue weighted by atomic mass is 16.4. The molecule has 0 heterocycles. The minimum Gasteiger partial charge on any atom is -0.475 e. The first kappa shape index (κ1) is 11.4. The largest absolute Gasteiger partial charge is 0.475 e. The second kappa shape index (κ2) is 4.26. The molecule has 1 aromatic rings. The zero-order valence-corrected chi connectivity index (χ0v) is 8.86. The van der Waals surface area contributed by atoms with E-state index in [2.05, 4.69) is 0 Å². The van der Waals surface area contributed by atoms with Crippen molar-refractivity contribution in [2.75, 3.05) is 0 Å². The van der Waals surface area contributed by atoms with E-state index in [0.717, 1.165) is 5.56 Å². The van der Waals surface area contributed by atoms with Gasteiger partial charge in [-0.3, -0.25) is 4.79 Å². The summed E-state index contributed by atoms with van der Waals surface area (Å²) < 4.78 is 0. The number of carbonyl (C=O) groups excluding carboxylic acids is 1. The fourth-order valence-corrected chi connectivity index (χ4v) is 1.48. The Balaban J connectivity index is 2.81. The topological polar surface area (TPSA) is 54.4 Å². The molecule has 0 saturated heterocycles. The summed E-state index contributed by atoms with van der Waals surface area (Å²) in [6, 6.07) is 9.40. The number of benzene rings is 1. The number of ketones is 1. The molecule has 0 unspecified atom stereocenters. The standard InChI is InChI=1S/C12H14O3/c1-12(2,10(13)11(14)15)8-9-6-4-3-5-7-9/h3-7H,8H2,1-2H3,(H,14,15). The highest BCUT2D eigenvalue weighted by molar-refractivity contribution is 6.34. The molecule has 3 heteroatoms. The average molecular weight is 206 g/mol. The Morgan fingerprint density at radius 3 is 2.20 bits per heavy atom. The monoisotopic (exact) mass is 206 g/mol. The summed E-state index contributed by atoms with van der Waals surface area (Å²) in [6.45, 7) is 3.30. The predicted octanol–water partition coefficient (Wildman–Crippen LogP) is 1.91. The zero-order valence-electron chi connectivity index (χ0n) is 8.86. The molecule has 0 saturated carbocycles. The average Bonchev–Trinajstić information content (AvgIpc) is 2.17. The van der Waals surface area contributed by atoms with Crippen molar-refractivity contribution < 1.29 is 14.7 Å². The molecule has 15 heavy (non-hydrogen) atoms. The molecule has 80 valence electrons. The number of rotatable bonds is 4. The van der Waals surface area contributed by atoms with E-state index in [4.69, 9.17) is 5.11 Å². The van der Waals surface area contributed by atoms with Crippen molar-refractivity contribution in [3.63, 3.8) is 0 Å². The molecule has 1 rings (SSSR count). The quantitative estimate of drug-likeness (QED) is 0.765. The molecule has 1 aromatic carbocycles. The van der Waals surface area contributed by atoms with Gasteiger partial charge in [0, 0.05) is 5.41 Å². The third-order valence-electron chi connectivity index (χ3n) is 2.30. The lowest BCUT2D eigenvalue weighted by Gasteiger charge is -2.20. The van der Waals surface area contributed by atoms with Gasteiger partial charge in [0.25, 0.3) is 0 Å². The predicted molar refractivity (Wildman–Crippen MR) is 56.6 cm³/mol. The summed E-state index contributed by atoms with van der Waals surface area (Å²) in [5.74, 6) is -2.11. The van der Waals surface area contributed by atoms with Crippen LogP contribution in [0.1, 0.15) is 19.4 Å². The van der Waals surface area contributed by atoms with Gasteiger partial charge in [-0.2, -0.15) is 0 Å². The van der Waals surface area contributed by atoms with Crippen molar-refractivity contribution >= 4 is 11.8 Å². The Kier molecular flexibility index (Phi) is 3.24. The Bertz CT molecular complexity index is 366. The molecule has 0 spiro atoms. The first-order chi connectivity index (χ1) is 6.93. The molecular weight excluding hydrogens is 192 g/mol. The van der Waals surface area contributed by atoms with Gasteiger partial charge in [-0.05, 0) is 12.0 Å². The van der Waals surface area contributed by atoms with Crippen molar-refractivity contribution in [1.29, 1.82) is 0 Å². The van der Waals surface area contributed by atoms with Gasteiger partial charge < -0.3 is 5.11 Å². The Hall–Kier alpha value is -1.64. The van der Waals surface area contributed by atoms with Crippen molar-refractivity contribution in [3.05, 3.63) is 35.9 Å². The first-order valence-electron chi connectivity index (χ1n) is 4.75. The van der Waals surface area contributed by atoms with Gasteiger partial charge in [0.2, 0.25) is 5.78 Å². The van der Waals surface area contributed by atoms with E-state index in [-0.39, 0.29) is 0 Å². The smallest absolute Gasteiger partial charge is 0.372 e. The lowest BCUT2D eigenvalue weighted by molar-refractivity contribution is -0.153. The lowest BCUT2D eigenvalue weighted by Crippen LogP contribution is -2.32. The van der Waals surface area contributed by atoms with Crippen molar-refractivity contribution in [1.82, 2.24) is 0 Å². The number of carbonyl (C=O) groups is 2. The molecule has 0 fully saturated rings. The van der Waals surface area contributed by atoms with Crippen LogP contribution in [-0.4, -0.2) is 16.9 Å². The Morgan fingerprint density at radius 2 is 1.73 bits per heavy atom. The van der Waals surface area contributed by atoms with Gasteiger partial charge in [0.05, 0.1) is 0 Å². The number of Topliss-reactive ketones (excluding diaryl/α,β-unsaturated/α-hetero) is 1. The minimum absolute atomic E-state index is 0.443. The van der Waals surface area contributed by atoms with Crippen LogP contribution in [0.4, 0.5) is 0 Å². The lowest BCUT2D eigenvalue weighted by atomic mass is 9.82. The van der Waals surface area contributed by atoms with E-state index in [0.29, 0.717) is 6.42 Å². The van der Waals surface area contributed by atoms with Gasteiger partial charge in [-0.1, -0.05) is 44.2 Å². The minimum atomic E-state index is -1.36. The van der Waals surface area contributed by atoms with Gasteiger partial charge in [0.15, 0.2) is 0 Å². The molecule has 0 radical (unpaired) electrons. The highest BCUT2D eigenvalue weighted by Gasteiger charge is 2.32. The van der Waals surface area contributed by atoms with Crippen LogP contribution < -0.4 is 0 Å². The van der Waals surface area contributed by atoms with Crippen LogP contribution >= 0.6 is 0 Å². The molecule has 0 aliphatic heterocycles. The normalized spacial score (nSPS) is 11.1. The van der Waals surface area contributed by atoms with Gasteiger partial charge in [-0.15, -0.1) is 0 Å². The van der Waals surface area contributed by atoms with Crippen molar-refractivity contribution in [2.24, 2.45) is 5.41 Å². The number of hydrogen-bond acceptors (Lipinski definition) is 2. The van der Waals surface area contributed by atoms with E-state index in [1.807, 2.05) is 30.3 Å². The van der Waals surface area contributed by atoms with Crippen LogP contribution in [0, 0.1) is 5.41 Å². The highest BCUT2D eigenvalue weighted by Crippen LogP contribution is 2.22. The Labute approximate surface area is 88.7 Å². The van der Waals surface area contributed by atoms with Crippen molar-refractivity contribution in [3.8, 4) is 0 Å². The number of carboxylic acids is 1. The summed E-state index contributed by atoms with van der Waals surface area (Å²) in [7, 11) is 0. The third kappa shape index (κ3) is 2.91. The molecule has 0 aliphatic carbocycles. The fraction of sp³-hybridized carbons (Fsp3) is 0.333. The van der Waals surface area contributed by atoms with Crippen LogP contribution in [0.2, 0.25) is 0 Å². The van der Waals surface area contributed by atoms with Crippen LogP contribution in [0.5, 0.6) is 0 Å². The van der Waals surface area contributed by atoms with Crippen LogP contribution in [0.15, 0.2) is 30.3 Å². The summed E-state index contributed by atoms with van der Waals surface area (Å²) in [4.78, 5) is 22.0. The molecule has 0 bridgehead atoms. The first-order valence-corrected chi connectivity index (χ1v) is 4.75. The van der Waals surface area contributed by atoms with Crippen LogP contribution in [0.25, 0.3) is 0 Å². The fourth-order valence-electron chi connectivity index (χ4n) is 1.48. The van der Waals surface area contributed by atoms with E-state index in [1.165, 1.54) is 0 Å². The summed E-state index contributed by atoms with van der Waals surface area (Å²) >= 11 is 0. The number of aliphatic carboxylic acids is 1. The second-order valence-electron chi connectivity index (χ2n) is 4.18. The molecule has 0 atom stereocenters. The van der Waals surface area contributed by atoms with Crippen LogP contribution in [0.3, 0.4) is 0 Å². The number of carboxylic acid groups (broad SMARTS) is 1. The molecule has 0 amide bonds. The Morgan fingerprint density at radius 1 is 1.20 bits per heavy atom. The maximum Gasteiger partial charge on any atom is 0.372 e. The summed E-state index contributed by atoms with van der Waals surface area (Å²) in [6.07, 6.45) is 0.443. The molecular formula is C12H14O3. The summed E-state index contributed by atoms with van der Waals surface area (Å²) in [5.41, 5.74) is 0.116.